The first-order valence-electron chi connectivity index (χ1n) is 10.9. The van der Waals surface area contributed by atoms with Gasteiger partial charge in [0.1, 0.15) is 6.54 Å². The van der Waals surface area contributed by atoms with Crippen LogP contribution in [0.1, 0.15) is 10.4 Å². The van der Waals surface area contributed by atoms with Crippen LogP contribution in [0.4, 0.5) is 0 Å². The summed E-state index contributed by atoms with van der Waals surface area (Å²) in [7, 11) is 3.06. The number of carbonyl (C=O) groups excluding carboxylic acids is 2. The van der Waals surface area contributed by atoms with Crippen molar-refractivity contribution in [3.63, 3.8) is 0 Å². The summed E-state index contributed by atoms with van der Waals surface area (Å²) in [5.41, 5.74) is 1.64. The summed E-state index contributed by atoms with van der Waals surface area (Å²) in [6.45, 7) is 1.40. The molecule has 2 aromatic carbocycles. The third kappa shape index (κ3) is 4.93. The van der Waals surface area contributed by atoms with Crippen molar-refractivity contribution in [2.75, 3.05) is 40.4 Å². The summed E-state index contributed by atoms with van der Waals surface area (Å²) in [5.74, 6) is 0.687. The summed E-state index contributed by atoms with van der Waals surface area (Å²) in [6, 6.07) is 17.6. The highest BCUT2D eigenvalue weighted by molar-refractivity contribution is 5.95. The summed E-state index contributed by atoms with van der Waals surface area (Å²) < 4.78 is 11.7. The summed E-state index contributed by atoms with van der Waals surface area (Å²) in [6.07, 6.45) is 0. The van der Waals surface area contributed by atoms with Crippen molar-refractivity contribution < 1.29 is 19.1 Å². The lowest BCUT2D eigenvalue weighted by molar-refractivity contribution is -0.133. The molecule has 1 fully saturated rings. The number of aromatic nitrogens is 2. The van der Waals surface area contributed by atoms with Gasteiger partial charge >= 0.3 is 0 Å². The van der Waals surface area contributed by atoms with Crippen LogP contribution in [-0.2, 0) is 11.3 Å². The first-order valence-corrected chi connectivity index (χ1v) is 10.9. The van der Waals surface area contributed by atoms with Gasteiger partial charge in [0, 0.05) is 43.4 Å². The summed E-state index contributed by atoms with van der Waals surface area (Å²) in [4.78, 5) is 41.4. The van der Waals surface area contributed by atoms with E-state index in [4.69, 9.17) is 9.47 Å². The Morgan fingerprint density at radius 2 is 1.53 bits per heavy atom. The van der Waals surface area contributed by atoms with E-state index in [2.05, 4.69) is 5.10 Å². The van der Waals surface area contributed by atoms with Gasteiger partial charge in [-0.25, -0.2) is 4.68 Å². The Morgan fingerprint density at radius 3 is 2.21 bits per heavy atom. The predicted molar refractivity (Wildman–Crippen MR) is 126 cm³/mol. The molecule has 0 saturated carbocycles. The van der Waals surface area contributed by atoms with E-state index < -0.39 is 0 Å². The lowest BCUT2D eigenvalue weighted by Gasteiger charge is -2.35. The molecule has 1 aliphatic heterocycles. The second-order valence-electron chi connectivity index (χ2n) is 7.82. The fraction of sp³-hybridized carbons (Fsp3) is 0.280. The lowest BCUT2D eigenvalue weighted by atomic mass is 10.1. The highest BCUT2D eigenvalue weighted by atomic mass is 16.5. The SMILES string of the molecule is COc1ccc(C(=O)N2CCN(C(=O)Cn3nc(-c4ccccc4)ccc3=O)CC2)cc1OC. The van der Waals surface area contributed by atoms with Gasteiger partial charge < -0.3 is 19.3 Å². The van der Waals surface area contributed by atoms with Crippen molar-refractivity contribution in [3.05, 3.63) is 76.6 Å². The van der Waals surface area contributed by atoms with E-state index in [0.717, 1.165) is 5.56 Å². The Labute approximate surface area is 197 Å². The molecule has 9 nitrogen and oxygen atoms in total. The monoisotopic (exact) mass is 462 g/mol. The zero-order valence-electron chi connectivity index (χ0n) is 19.1. The Balaban J connectivity index is 1.39. The molecular formula is C25H26N4O5. The zero-order chi connectivity index (χ0) is 24.1. The smallest absolute Gasteiger partial charge is 0.267 e. The molecule has 1 aliphatic rings. The quantitative estimate of drug-likeness (QED) is 0.556. The van der Waals surface area contributed by atoms with Gasteiger partial charge in [0.15, 0.2) is 11.5 Å². The molecule has 34 heavy (non-hydrogen) atoms. The van der Waals surface area contributed by atoms with Gasteiger partial charge in [0.05, 0.1) is 19.9 Å². The zero-order valence-corrected chi connectivity index (χ0v) is 19.1. The number of amides is 2. The molecule has 0 radical (unpaired) electrons. The Morgan fingerprint density at radius 1 is 0.853 bits per heavy atom. The minimum absolute atomic E-state index is 0.137. The molecule has 2 heterocycles. The van der Waals surface area contributed by atoms with Crippen LogP contribution in [0.3, 0.4) is 0 Å². The van der Waals surface area contributed by atoms with E-state index in [1.165, 1.54) is 25.0 Å². The van der Waals surface area contributed by atoms with Crippen LogP contribution >= 0.6 is 0 Å². The average molecular weight is 463 g/mol. The number of methoxy groups -OCH3 is 2. The van der Waals surface area contributed by atoms with Crippen LogP contribution in [0.5, 0.6) is 11.5 Å². The number of carbonyl (C=O) groups is 2. The van der Waals surface area contributed by atoms with Gasteiger partial charge in [-0.05, 0) is 24.3 Å². The maximum absolute atomic E-state index is 12.9. The number of nitrogens with zero attached hydrogens (tertiary/aromatic N) is 4. The van der Waals surface area contributed by atoms with Crippen molar-refractivity contribution in [1.82, 2.24) is 19.6 Å². The van der Waals surface area contributed by atoms with E-state index in [1.54, 1.807) is 34.1 Å². The van der Waals surface area contributed by atoms with Gasteiger partial charge in [0.2, 0.25) is 5.91 Å². The predicted octanol–water partition coefficient (Wildman–Crippen LogP) is 1.91. The molecule has 0 bridgehead atoms. The first kappa shape index (κ1) is 23.0. The Kier molecular flexibility index (Phi) is 6.91. The van der Waals surface area contributed by atoms with Crippen molar-refractivity contribution in [2.24, 2.45) is 0 Å². The topological polar surface area (TPSA) is 94.0 Å². The van der Waals surface area contributed by atoms with Gasteiger partial charge in [-0.3, -0.25) is 14.4 Å². The van der Waals surface area contributed by atoms with Crippen LogP contribution < -0.4 is 15.0 Å². The molecule has 0 aliphatic carbocycles. The Hall–Kier alpha value is -4.14. The van der Waals surface area contributed by atoms with Gasteiger partial charge in [-0.15, -0.1) is 0 Å². The fourth-order valence-corrected chi connectivity index (χ4v) is 3.86. The molecule has 9 heteroatoms. The molecule has 3 aromatic rings. The van der Waals surface area contributed by atoms with Crippen LogP contribution in [0, 0.1) is 0 Å². The van der Waals surface area contributed by atoms with E-state index in [0.29, 0.717) is 48.9 Å². The molecule has 0 N–H and O–H groups in total. The number of hydrogen-bond donors (Lipinski definition) is 0. The van der Waals surface area contributed by atoms with E-state index >= 15 is 0 Å². The number of benzene rings is 2. The van der Waals surface area contributed by atoms with E-state index in [-0.39, 0.29) is 23.9 Å². The van der Waals surface area contributed by atoms with Crippen molar-refractivity contribution in [2.45, 2.75) is 6.54 Å². The molecule has 1 aromatic heterocycles. The molecule has 2 amide bonds. The first-order chi connectivity index (χ1) is 16.5. The number of rotatable bonds is 6. The lowest BCUT2D eigenvalue weighted by Crippen LogP contribution is -2.51. The minimum Gasteiger partial charge on any atom is -0.493 e. The number of hydrogen-bond acceptors (Lipinski definition) is 6. The van der Waals surface area contributed by atoms with Crippen molar-refractivity contribution in [1.29, 1.82) is 0 Å². The van der Waals surface area contributed by atoms with Gasteiger partial charge in [-0.1, -0.05) is 30.3 Å². The molecular weight excluding hydrogens is 436 g/mol. The van der Waals surface area contributed by atoms with Gasteiger partial charge in [0.25, 0.3) is 11.5 Å². The maximum atomic E-state index is 12.9. The molecule has 0 unspecified atom stereocenters. The second-order valence-corrected chi connectivity index (χ2v) is 7.82. The average Bonchev–Trinajstić information content (AvgIpc) is 2.89. The highest BCUT2D eigenvalue weighted by Gasteiger charge is 2.26. The Bertz CT molecular complexity index is 1230. The van der Waals surface area contributed by atoms with Crippen LogP contribution in [0.15, 0.2) is 65.5 Å². The van der Waals surface area contributed by atoms with Crippen LogP contribution in [-0.4, -0.2) is 71.8 Å². The third-order valence-corrected chi connectivity index (χ3v) is 5.77. The van der Waals surface area contributed by atoms with E-state index in [1.807, 2.05) is 30.3 Å². The summed E-state index contributed by atoms with van der Waals surface area (Å²) in [5, 5.41) is 4.36. The van der Waals surface area contributed by atoms with E-state index in [9.17, 15) is 14.4 Å². The highest BCUT2D eigenvalue weighted by Crippen LogP contribution is 2.28. The fourth-order valence-electron chi connectivity index (χ4n) is 3.86. The number of piperazine rings is 1. The largest absolute Gasteiger partial charge is 0.493 e. The van der Waals surface area contributed by atoms with Crippen molar-refractivity contribution in [3.8, 4) is 22.8 Å². The standard InChI is InChI=1S/C25H26N4O5/c1-33-21-10-8-19(16-22(21)34-2)25(32)28-14-12-27(13-15-28)24(31)17-29-23(30)11-9-20(26-29)18-6-4-3-5-7-18/h3-11,16H,12-15,17H2,1-2H3. The molecule has 0 spiro atoms. The molecule has 1 saturated heterocycles. The van der Waals surface area contributed by atoms with Crippen LogP contribution in [0.25, 0.3) is 11.3 Å². The third-order valence-electron chi connectivity index (χ3n) is 5.77. The second kappa shape index (κ2) is 10.2. The normalized spacial score (nSPS) is 13.5. The van der Waals surface area contributed by atoms with Crippen LogP contribution in [0.2, 0.25) is 0 Å². The molecule has 176 valence electrons. The molecule has 0 atom stereocenters. The molecule has 4 rings (SSSR count). The number of ether oxygens (including phenoxy) is 2. The maximum Gasteiger partial charge on any atom is 0.267 e. The van der Waals surface area contributed by atoms with Crippen molar-refractivity contribution >= 4 is 11.8 Å². The summed E-state index contributed by atoms with van der Waals surface area (Å²) >= 11 is 0. The minimum atomic E-state index is -0.338. The van der Waals surface area contributed by atoms with Gasteiger partial charge in [-0.2, -0.15) is 5.10 Å².